The van der Waals surface area contributed by atoms with Crippen molar-refractivity contribution in [3.8, 4) is 0 Å². The second kappa shape index (κ2) is 3.20. The summed E-state index contributed by atoms with van der Waals surface area (Å²) in [4.78, 5) is 4.70. The quantitative estimate of drug-likeness (QED) is 0.603. The molecule has 0 unspecified atom stereocenters. The van der Waals surface area contributed by atoms with Crippen LogP contribution in [0.2, 0.25) is 0 Å². The van der Waals surface area contributed by atoms with Gasteiger partial charge in [-0.05, 0) is 32.1 Å². The van der Waals surface area contributed by atoms with Gasteiger partial charge in [0.15, 0.2) is 5.65 Å². The summed E-state index contributed by atoms with van der Waals surface area (Å²) in [7, 11) is 0. The average molecular weight is 229 g/mol. The van der Waals surface area contributed by atoms with Crippen molar-refractivity contribution in [2.24, 2.45) is 5.84 Å². The first-order valence-corrected chi connectivity index (χ1v) is 6.25. The van der Waals surface area contributed by atoms with Gasteiger partial charge in [-0.25, -0.2) is 10.8 Å². The SMILES string of the molecule is NNc1c2c(nc3cc(C4CC4)nn13)CCC2. The molecule has 5 nitrogen and oxygen atoms in total. The van der Waals surface area contributed by atoms with Crippen molar-refractivity contribution in [3.05, 3.63) is 23.0 Å². The van der Waals surface area contributed by atoms with E-state index in [0.717, 1.165) is 30.0 Å². The number of hydrogen-bond donors (Lipinski definition) is 2. The third-order valence-corrected chi connectivity index (χ3v) is 3.78. The van der Waals surface area contributed by atoms with Crippen LogP contribution >= 0.6 is 0 Å². The molecule has 0 spiro atoms. The number of fused-ring (bicyclic) bond motifs is 2. The van der Waals surface area contributed by atoms with E-state index in [1.165, 1.54) is 30.5 Å². The topological polar surface area (TPSA) is 68.2 Å². The fourth-order valence-electron chi connectivity index (χ4n) is 2.73. The number of hydrogen-bond acceptors (Lipinski definition) is 4. The Morgan fingerprint density at radius 2 is 2.24 bits per heavy atom. The first-order chi connectivity index (χ1) is 8.36. The maximum atomic E-state index is 5.65. The van der Waals surface area contributed by atoms with E-state index in [-0.39, 0.29) is 0 Å². The highest BCUT2D eigenvalue weighted by Gasteiger charge is 2.28. The molecule has 2 aromatic heterocycles. The van der Waals surface area contributed by atoms with E-state index in [4.69, 9.17) is 10.8 Å². The molecule has 5 heteroatoms. The lowest BCUT2D eigenvalue weighted by Gasteiger charge is -2.08. The number of nitrogens with zero attached hydrogens (tertiary/aromatic N) is 3. The largest absolute Gasteiger partial charge is 0.308 e. The van der Waals surface area contributed by atoms with Crippen LogP contribution in [0.15, 0.2) is 6.07 Å². The van der Waals surface area contributed by atoms with Gasteiger partial charge < -0.3 is 5.43 Å². The molecule has 0 amide bonds. The highest BCUT2D eigenvalue weighted by Crippen LogP contribution is 2.40. The molecule has 0 radical (unpaired) electrons. The average Bonchev–Trinajstić information content (AvgIpc) is 2.94. The minimum atomic E-state index is 0.650. The number of anilines is 1. The molecule has 4 rings (SSSR count). The molecule has 88 valence electrons. The number of hydrazine groups is 1. The summed E-state index contributed by atoms with van der Waals surface area (Å²) in [6.07, 6.45) is 5.80. The second-order valence-corrected chi connectivity index (χ2v) is 5.00. The van der Waals surface area contributed by atoms with Crippen molar-refractivity contribution in [1.82, 2.24) is 14.6 Å². The molecule has 3 N–H and O–H groups in total. The number of nitrogens with two attached hydrogens (primary N) is 1. The number of aryl methyl sites for hydroxylation is 1. The lowest BCUT2D eigenvalue weighted by atomic mass is 10.2. The first-order valence-electron chi connectivity index (χ1n) is 6.25. The molecule has 0 saturated heterocycles. The Kier molecular flexibility index (Phi) is 1.77. The summed E-state index contributed by atoms with van der Waals surface area (Å²) in [5.74, 6) is 7.23. The molecule has 1 fully saturated rings. The van der Waals surface area contributed by atoms with Crippen LogP contribution in [0.25, 0.3) is 5.65 Å². The summed E-state index contributed by atoms with van der Waals surface area (Å²) in [5.41, 5.74) is 7.33. The van der Waals surface area contributed by atoms with Gasteiger partial charge in [0.25, 0.3) is 0 Å². The summed E-state index contributed by atoms with van der Waals surface area (Å²) >= 11 is 0. The first kappa shape index (κ1) is 9.41. The monoisotopic (exact) mass is 229 g/mol. The zero-order valence-electron chi connectivity index (χ0n) is 9.61. The lowest BCUT2D eigenvalue weighted by Crippen LogP contribution is -2.15. The molecular formula is C12H15N5. The molecule has 17 heavy (non-hydrogen) atoms. The van der Waals surface area contributed by atoms with E-state index in [9.17, 15) is 0 Å². The van der Waals surface area contributed by atoms with Gasteiger partial charge in [-0.1, -0.05) is 0 Å². The highest BCUT2D eigenvalue weighted by atomic mass is 15.4. The summed E-state index contributed by atoms with van der Waals surface area (Å²) < 4.78 is 1.87. The van der Waals surface area contributed by atoms with Crippen molar-refractivity contribution in [2.75, 3.05) is 5.43 Å². The van der Waals surface area contributed by atoms with Crippen molar-refractivity contribution in [2.45, 2.75) is 38.0 Å². The van der Waals surface area contributed by atoms with Crippen molar-refractivity contribution in [1.29, 1.82) is 0 Å². The minimum Gasteiger partial charge on any atom is -0.308 e. The minimum absolute atomic E-state index is 0.650. The molecule has 0 atom stereocenters. The zero-order valence-corrected chi connectivity index (χ0v) is 9.61. The normalized spacial score (nSPS) is 18.6. The van der Waals surface area contributed by atoms with E-state index >= 15 is 0 Å². The fourth-order valence-corrected chi connectivity index (χ4v) is 2.73. The van der Waals surface area contributed by atoms with Gasteiger partial charge in [0.05, 0.1) is 5.69 Å². The Bertz CT molecular complexity index is 596. The predicted molar refractivity (Wildman–Crippen MR) is 64.8 cm³/mol. The van der Waals surface area contributed by atoms with Gasteiger partial charge in [0, 0.05) is 23.2 Å². The summed E-state index contributed by atoms with van der Waals surface area (Å²) in [6.45, 7) is 0. The summed E-state index contributed by atoms with van der Waals surface area (Å²) in [6, 6.07) is 2.11. The Morgan fingerprint density at radius 3 is 3.00 bits per heavy atom. The van der Waals surface area contributed by atoms with Crippen molar-refractivity contribution in [3.63, 3.8) is 0 Å². The van der Waals surface area contributed by atoms with E-state index in [2.05, 4.69) is 16.6 Å². The van der Waals surface area contributed by atoms with Crippen LogP contribution in [-0.2, 0) is 12.8 Å². The van der Waals surface area contributed by atoms with Crippen LogP contribution in [0.4, 0.5) is 5.82 Å². The number of aromatic nitrogens is 3. The Morgan fingerprint density at radius 1 is 1.35 bits per heavy atom. The zero-order chi connectivity index (χ0) is 11.4. The Balaban J connectivity index is 1.99. The fraction of sp³-hybridized carbons (Fsp3) is 0.500. The molecular weight excluding hydrogens is 214 g/mol. The van der Waals surface area contributed by atoms with Gasteiger partial charge in [-0.3, -0.25) is 0 Å². The molecule has 0 aromatic carbocycles. The smallest absolute Gasteiger partial charge is 0.157 e. The van der Waals surface area contributed by atoms with Gasteiger partial charge in [-0.15, -0.1) is 0 Å². The Labute approximate surface area is 99.0 Å². The third kappa shape index (κ3) is 1.29. The van der Waals surface area contributed by atoms with Crippen LogP contribution in [0.1, 0.15) is 42.1 Å². The number of nitrogens with one attached hydrogen (secondary N) is 1. The highest BCUT2D eigenvalue weighted by molar-refractivity contribution is 5.57. The maximum absolute atomic E-state index is 5.65. The predicted octanol–water partition coefficient (Wildman–Crippen LogP) is 1.38. The number of nitrogen functional groups attached to an aromatic ring is 1. The van der Waals surface area contributed by atoms with Crippen molar-refractivity contribution < 1.29 is 0 Å². The van der Waals surface area contributed by atoms with E-state index < -0.39 is 0 Å². The molecule has 0 aliphatic heterocycles. The van der Waals surface area contributed by atoms with E-state index in [1.807, 2.05) is 4.52 Å². The van der Waals surface area contributed by atoms with Gasteiger partial charge >= 0.3 is 0 Å². The lowest BCUT2D eigenvalue weighted by molar-refractivity contribution is 0.868. The molecule has 0 bridgehead atoms. The molecule has 2 aromatic rings. The van der Waals surface area contributed by atoms with Gasteiger partial charge in [0.1, 0.15) is 5.82 Å². The van der Waals surface area contributed by atoms with Gasteiger partial charge in [-0.2, -0.15) is 9.61 Å². The second-order valence-electron chi connectivity index (χ2n) is 5.00. The molecule has 2 aliphatic carbocycles. The van der Waals surface area contributed by atoms with Crippen LogP contribution in [-0.4, -0.2) is 14.6 Å². The van der Waals surface area contributed by atoms with E-state index in [1.54, 1.807) is 0 Å². The number of rotatable bonds is 2. The van der Waals surface area contributed by atoms with Crippen LogP contribution < -0.4 is 11.3 Å². The van der Waals surface area contributed by atoms with Crippen molar-refractivity contribution >= 4 is 11.5 Å². The van der Waals surface area contributed by atoms with Gasteiger partial charge in [0.2, 0.25) is 0 Å². The Hall–Kier alpha value is -1.62. The third-order valence-electron chi connectivity index (χ3n) is 3.78. The molecule has 2 heterocycles. The van der Waals surface area contributed by atoms with Crippen LogP contribution in [0, 0.1) is 0 Å². The van der Waals surface area contributed by atoms with Crippen LogP contribution in [0.3, 0.4) is 0 Å². The maximum Gasteiger partial charge on any atom is 0.157 e. The van der Waals surface area contributed by atoms with Crippen LogP contribution in [0.5, 0.6) is 0 Å². The standard InChI is InChI=1S/C12H15N5/c13-15-12-8-2-1-3-9(8)14-11-6-10(7-4-5-7)16-17(11)12/h6-7,15H,1-5,13H2. The molecule has 2 aliphatic rings. The molecule has 1 saturated carbocycles. The van der Waals surface area contributed by atoms with E-state index in [0.29, 0.717) is 5.92 Å². The summed E-state index contributed by atoms with van der Waals surface area (Å²) in [5, 5.41) is 4.63.